The number of hydrogen-bond acceptors (Lipinski definition) is 2. The highest BCUT2D eigenvalue weighted by Gasteiger charge is 2.02. The van der Waals surface area contributed by atoms with Crippen LogP contribution >= 0.6 is 29.8 Å². The molecule has 1 unspecified atom stereocenters. The summed E-state index contributed by atoms with van der Waals surface area (Å²) in [7, 11) is -0.312. The third-order valence-electron chi connectivity index (χ3n) is 1.35. The molecule has 0 amide bonds. The Morgan fingerprint density at radius 1 is 1.23 bits per heavy atom. The fourth-order valence-corrected chi connectivity index (χ4v) is 2.03. The van der Waals surface area contributed by atoms with Crippen LogP contribution in [0.15, 0.2) is 29.2 Å². The van der Waals surface area contributed by atoms with Crippen LogP contribution in [0.2, 0.25) is 0 Å². The van der Waals surface area contributed by atoms with E-state index in [-0.39, 0.29) is 18.0 Å². The molecule has 0 fully saturated rings. The molecule has 1 rings (SSSR count). The second-order valence-electron chi connectivity index (χ2n) is 2.55. The van der Waals surface area contributed by atoms with E-state index >= 15 is 0 Å². The molecular formula is C9H16OP2S. The molecule has 0 aliphatic carbocycles. The molecule has 13 heavy (non-hydrogen) atoms. The molecule has 0 aliphatic heterocycles. The minimum absolute atomic E-state index is 0. The Labute approximate surface area is 89.1 Å². The monoisotopic (exact) mass is 234 g/mol. The number of benzene rings is 1. The van der Waals surface area contributed by atoms with Gasteiger partial charge in [0.15, 0.2) is 0 Å². The molecule has 0 saturated heterocycles. The van der Waals surface area contributed by atoms with E-state index in [4.69, 9.17) is 4.52 Å². The van der Waals surface area contributed by atoms with Crippen molar-refractivity contribution in [3.8, 4) is 5.75 Å². The molecule has 1 aromatic rings. The highest BCUT2D eigenvalue weighted by molar-refractivity contribution is 7.98. The van der Waals surface area contributed by atoms with E-state index < -0.39 is 0 Å². The Bertz CT molecular complexity index is 253. The van der Waals surface area contributed by atoms with Gasteiger partial charge in [-0.05, 0) is 31.7 Å². The average molecular weight is 234 g/mol. The first-order chi connectivity index (χ1) is 5.74. The zero-order valence-electron chi connectivity index (χ0n) is 8.28. The predicted octanol–water partition coefficient (Wildman–Crippen LogP) is 3.50. The maximum absolute atomic E-state index is 5.68. The van der Waals surface area contributed by atoms with Crippen molar-refractivity contribution in [3.05, 3.63) is 24.3 Å². The maximum Gasteiger partial charge on any atom is 0.136 e. The van der Waals surface area contributed by atoms with Crippen molar-refractivity contribution in [2.45, 2.75) is 4.90 Å². The smallest absolute Gasteiger partial charge is 0.136 e. The summed E-state index contributed by atoms with van der Waals surface area (Å²) in [4.78, 5) is 1.22. The summed E-state index contributed by atoms with van der Waals surface area (Å²) in [5, 5.41) is 0. The summed E-state index contributed by atoms with van der Waals surface area (Å²) in [6, 6.07) is 8.15. The summed E-state index contributed by atoms with van der Waals surface area (Å²) >= 11 is 1.72. The van der Waals surface area contributed by atoms with Crippen LogP contribution in [0.3, 0.4) is 0 Å². The van der Waals surface area contributed by atoms with E-state index in [1.807, 2.05) is 18.2 Å². The first-order valence-electron chi connectivity index (χ1n) is 3.72. The second kappa shape index (κ2) is 6.65. The van der Waals surface area contributed by atoms with E-state index in [2.05, 4.69) is 25.7 Å². The molecule has 1 aromatic carbocycles. The summed E-state index contributed by atoms with van der Waals surface area (Å²) in [5.74, 6) is 1.01. The van der Waals surface area contributed by atoms with E-state index in [0.717, 1.165) is 5.75 Å². The van der Waals surface area contributed by atoms with Crippen LogP contribution in [-0.2, 0) is 0 Å². The van der Waals surface area contributed by atoms with Crippen molar-refractivity contribution in [2.24, 2.45) is 0 Å². The first-order valence-corrected chi connectivity index (χ1v) is 7.10. The topological polar surface area (TPSA) is 9.23 Å². The van der Waals surface area contributed by atoms with E-state index in [0.29, 0.717) is 0 Å². The van der Waals surface area contributed by atoms with Crippen LogP contribution in [0.1, 0.15) is 0 Å². The van der Waals surface area contributed by atoms with Gasteiger partial charge >= 0.3 is 0 Å². The average Bonchev–Trinajstić information content (AvgIpc) is 2.04. The fourth-order valence-electron chi connectivity index (χ4n) is 0.891. The van der Waals surface area contributed by atoms with Crippen molar-refractivity contribution in [1.29, 1.82) is 0 Å². The number of thioether (sulfide) groups is 1. The molecule has 0 saturated carbocycles. The van der Waals surface area contributed by atoms with Crippen molar-refractivity contribution in [3.63, 3.8) is 0 Å². The standard InChI is InChI=1S/C9H13OPS.H3P/c1-11(2)10-8-6-4-5-7-9(8)12-3;/h4-7H,1-3H3;1H3. The maximum atomic E-state index is 5.68. The SMILES string of the molecule is CSc1ccccc1OP(C)C.P. The van der Waals surface area contributed by atoms with Gasteiger partial charge in [0.1, 0.15) is 5.75 Å². The Morgan fingerprint density at radius 2 is 1.85 bits per heavy atom. The summed E-state index contributed by atoms with van der Waals surface area (Å²) in [6.07, 6.45) is 2.07. The van der Waals surface area contributed by atoms with Gasteiger partial charge in [0, 0.05) is 4.90 Å². The Balaban J connectivity index is 0.00000144. The molecule has 0 heterocycles. The first kappa shape index (κ1) is 13.2. The van der Waals surface area contributed by atoms with Crippen molar-refractivity contribution < 1.29 is 4.52 Å². The van der Waals surface area contributed by atoms with Crippen molar-refractivity contribution in [2.75, 3.05) is 19.6 Å². The third kappa shape index (κ3) is 4.31. The molecule has 0 aliphatic rings. The molecule has 1 atom stereocenters. The number of hydrogen-bond donors (Lipinski definition) is 0. The van der Waals surface area contributed by atoms with Gasteiger partial charge in [-0.1, -0.05) is 12.1 Å². The van der Waals surface area contributed by atoms with E-state index in [1.165, 1.54) is 4.90 Å². The minimum atomic E-state index is -0.312. The zero-order chi connectivity index (χ0) is 8.97. The highest BCUT2D eigenvalue weighted by Crippen LogP contribution is 2.35. The third-order valence-corrected chi connectivity index (χ3v) is 2.69. The molecule has 0 spiro atoms. The minimum Gasteiger partial charge on any atom is -0.473 e. The highest BCUT2D eigenvalue weighted by atomic mass is 32.2. The summed E-state index contributed by atoms with van der Waals surface area (Å²) in [5.41, 5.74) is 0. The second-order valence-corrected chi connectivity index (χ2v) is 5.21. The molecule has 0 radical (unpaired) electrons. The normalized spacial score (nSPS) is 9.54. The Morgan fingerprint density at radius 3 is 2.38 bits per heavy atom. The lowest BCUT2D eigenvalue weighted by Gasteiger charge is -2.11. The van der Waals surface area contributed by atoms with Gasteiger partial charge in [-0.15, -0.1) is 11.8 Å². The molecule has 0 aromatic heterocycles. The zero-order valence-corrected chi connectivity index (χ0v) is 11.4. The van der Waals surface area contributed by atoms with Crippen LogP contribution < -0.4 is 4.52 Å². The van der Waals surface area contributed by atoms with Gasteiger partial charge in [0.25, 0.3) is 0 Å². The van der Waals surface area contributed by atoms with Crippen LogP contribution in [0, 0.1) is 0 Å². The van der Waals surface area contributed by atoms with Crippen LogP contribution in [0.5, 0.6) is 5.75 Å². The summed E-state index contributed by atoms with van der Waals surface area (Å²) < 4.78 is 5.68. The van der Waals surface area contributed by atoms with Gasteiger partial charge in [0.05, 0.1) is 8.15 Å². The van der Waals surface area contributed by atoms with E-state index in [9.17, 15) is 0 Å². The van der Waals surface area contributed by atoms with Gasteiger partial charge < -0.3 is 4.52 Å². The van der Waals surface area contributed by atoms with Crippen LogP contribution in [0.4, 0.5) is 0 Å². The van der Waals surface area contributed by atoms with Crippen LogP contribution in [0.25, 0.3) is 0 Å². The molecule has 1 nitrogen and oxygen atoms in total. The quantitative estimate of drug-likeness (QED) is 0.584. The molecule has 4 heteroatoms. The molecular weight excluding hydrogens is 218 g/mol. The Kier molecular flexibility index (Phi) is 6.77. The van der Waals surface area contributed by atoms with E-state index in [1.54, 1.807) is 11.8 Å². The van der Waals surface area contributed by atoms with Crippen LogP contribution in [-0.4, -0.2) is 19.6 Å². The summed E-state index contributed by atoms with van der Waals surface area (Å²) in [6.45, 7) is 4.21. The Hall–Kier alpha value is 0.230. The predicted molar refractivity (Wildman–Crippen MR) is 68.7 cm³/mol. The number of rotatable bonds is 3. The largest absolute Gasteiger partial charge is 0.473 e. The molecule has 0 N–H and O–H groups in total. The van der Waals surface area contributed by atoms with Gasteiger partial charge in [-0.3, -0.25) is 0 Å². The lowest BCUT2D eigenvalue weighted by atomic mass is 10.3. The van der Waals surface area contributed by atoms with Gasteiger partial charge in [-0.2, -0.15) is 9.90 Å². The van der Waals surface area contributed by atoms with Crippen molar-refractivity contribution in [1.82, 2.24) is 0 Å². The van der Waals surface area contributed by atoms with Crippen molar-refractivity contribution >= 4 is 29.8 Å². The lowest BCUT2D eigenvalue weighted by molar-refractivity contribution is 0.607. The molecule has 74 valence electrons. The van der Waals surface area contributed by atoms with Gasteiger partial charge in [0.2, 0.25) is 0 Å². The lowest BCUT2D eigenvalue weighted by Crippen LogP contribution is -1.85. The molecule has 0 bridgehead atoms. The van der Waals surface area contributed by atoms with Gasteiger partial charge in [-0.25, -0.2) is 0 Å². The number of para-hydroxylation sites is 1. The fraction of sp³-hybridized carbons (Fsp3) is 0.333.